The molecule has 2 aromatic carbocycles. The van der Waals surface area contributed by atoms with Crippen LogP contribution in [0, 0.1) is 5.82 Å². The van der Waals surface area contributed by atoms with Gasteiger partial charge < -0.3 is 10.1 Å². The third-order valence-electron chi connectivity index (χ3n) is 3.99. The molecule has 0 fully saturated rings. The van der Waals surface area contributed by atoms with E-state index in [1.807, 2.05) is 0 Å². The Kier molecular flexibility index (Phi) is 6.33. The van der Waals surface area contributed by atoms with Crippen molar-refractivity contribution in [1.82, 2.24) is 0 Å². The van der Waals surface area contributed by atoms with Crippen molar-refractivity contribution in [3.8, 4) is 5.75 Å². The summed E-state index contributed by atoms with van der Waals surface area (Å²) in [6.45, 7) is 1.72. The van der Waals surface area contributed by atoms with Gasteiger partial charge in [0, 0.05) is 6.42 Å². The minimum Gasteiger partial charge on any atom is -0.495 e. The van der Waals surface area contributed by atoms with Gasteiger partial charge in [0.1, 0.15) is 11.6 Å². The molecular formula is C18H17F4NO4S. The summed E-state index contributed by atoms with van der Waals surface area (Å²) in [5.41, 5.74) is -4.99. The molecule has 1 amide bonds. The zero-order valence-corrected chi connectivity index (χ0v) is 15.7. The van der Waals surface area contributed by atoms with Crippen molar-refractivity contribution in [2.45, 2.75) is 29.7 Å². The Hall–Kier alpha value is -2.62. The number of ether oxygens (including phenoxy) is 1. The number of benzene rings is 2. The summed E-state index contributed by atoms with van der Waals surface area (Å²) in [6.07, 6.45) is -0.0644. The van der Waals surface area contributed by atoms with Crippen LogP contribution >= 0.6 is 0 Å². The number of hydrogen-bond acceptors (Lipinski definition) is 4. The molecular weight excluding hydrogens is 402 g/mol. The molecule has 5 nitrogen and oxygen atoms in total. The fourth-order valence-electron chi connectivity index (χ4n) is 2.47. The summed E-state index contributed by atoms with van der Waals surface area (Å²) in [4.78, 5) is 11.3. The quantitative estimate of drug-likeness (QED) is 0.711. The first-order chi connectivity index (χ1) is 13.0. The molecule has 0 aliphatic rings. The van der Waals surface area contributed by atoms with E-state index < -0.39 is 32.0 Å². The lowest BCUT2D eigenvalue weighted by molar-refractivity contribution is -0.116. The maximum atomic E-state index is 13.0. The van der Waals surface area contributed by atoms with Crippen LogP contribution in [0.1, 0.15) is 24.8 Å². The molecule has 0 saturated heterocycles. The number of sulfone groups is 1. The Morgan fingerprint density at radius 2 is 1.75 bits per heavy atom. The number of nitrogens with one attached hydrogen (secondary N) is 1. The number of hydrogen-bond donors (Lipinski definition) is 1. The molecule has 2 aromatic rings. The van der Waals surface area contributed by atoms with Gasteiger partial charge in [-0.2, -0.15) is 13.2 Å². The molecule has 1 atom stereocenters. The highest BCUT2D eigenvalue weighted by Crippen LogP contribution is 2.35. The number of halogens is 4. The van der Waals surface area contributed by atoms with E-state index in [2.05, 4.69) is 5.32 Å². The van der Waals surface area contributed by atoms with Gasteiger partial charge >= 0.3 is 5.51 Å². The Bertz CT molecular complexity index is 957. The van der Waals surface area contributed by atoms with Crippen LogP contribution in [0.15, 0.2) is 47.4 Å². The van der Waals surface area contributed by atoms with Crippen molar-refractivity contribution >= 4 is 21.4 Å². The fourth-order valence-corrected chi connectivity index (χ4v) is 3.26. The molecule has 152 valence electrons. The molecule has 0 aliphatic heterocycles. The summed E-state index contributed by atoms with van der Waals surface area (Å²) >= 11 is 0. The number of methoxy groups -OCH3 is 1. The summed E-state index contributed by atoms with van der Waals surface area (Å²) < 4.78 is 79.3. The molecule has 2 rings (SSSR count). The Labute approximate surface area is 159 Å². The van der Waals surface area contributed by atoms with E-state index in [0.29, 0.717) is 11.6 Å². The first kappa shape index (κ1) is 21.7. The molecule has 0 spiro atoms. The van der Waals surface area contributed by atoms with Crippen LogP contribution in [0.25, 0.3) is 0 Å². The highest BCUT2D eigenvalue weighted by Gasteiger charge is 2.47. The van der Waals surface area contributed by atoms with Gasteiger partial charge in [0.2, 0.25) is 5.91 Å². The second-order valence-electron chi connectivity index (χ2n) is 6.02. The van der Waals surface area contributed by atoms with Crippen molar-refractivity contribution in [3.63, 3.8) is 0 Å². The van der Waals surface area contributed by atoms with Crippen molar-refractivity contribution in [1.29, 1.82) is 0 Å². The van der Waals surface area contributed by atoms with Gasteiger partial charge in [0.15, 0.2) is 0 Å². The smallest absolute Gasteiger partial charge is 0.495 e. The zero-order valence-electron chi connectivity index (χ0n) is 14.9. The predicted molar refractivity (Wildman–Crippen MR) is 94.3 cm³/mol. The minimum atomic E-state index is -5.57. The van der Waals surface area contributed by atoms with Crippen LogP contribution in [-0.2, 0) is 14.6 Å². The number of amides is 1. The molecule has 1 unspecified atom stereocenters. The van der Waals surface area contributed by atoms with E-state index in [1.165, 1.54) is 31.4 Å². The molecule has 10 heteroatoms. The standard InChI is InChI=1S/C18H17F4NO4S/c1-11(12-3-5-13(19)6-4-12)9-17(24)23-15-10-14(7-8-16(15)27-2)28(25,26)18(20,21)22/h3-8,10-11H,9H2,1-2H3,(H,23,24). The Morgan fingerprint density at radius 3 is 2.29 bits per heavy atom. The molecule has 0 radical (unpaired) electrons. The summed E-state index contributed by atoms with van der Waals surface area (Å²) in [5, 5.41) is 2.37. The van der Waals surface area contributed by atoms with E-state index in [0.717, 1.165) is 12.1 Å². The first-order valence-electron chi connectivity index (χ1n) is 8.00. The monoisotopic (exact) mass is 419 g/mol. The number of carbonyl (C=O) groups excluding carboxylic acids is 1. The van der Waals surface area contributed by atoms with Gasteiger partial charge in [0.05, 0.1) is 17.7 Å². The predicted octanol–water partition coefficient (Wildman–Crippen LogP) is 4.26. The van der Waals surface area contributed by atoms with E-state index in [9.17, 15) is 30.8 Å². The SMILES string of the molecule is COc1ccc(S(=O)(=O)C(F)(F)F)cc1NC(=O)CC(C)c1ccc(F)cc1. The van der Waals surface area contributed by atoms with Gasteiger partial charge in [-0.25, -0.2) is 12.8 Å². The Morgan fingerprint density at radius 1 is 1.14 bits per heavy atom. The van der Waals surface area contributed by atoms with Gasteiger partial charge in [-0.1, -0.05) is 19.1 Å². The third kappa shape index (κ3) is 4.80. The lowest BCUT2D eigenvalue weighted by atomic mass is 9.97. The van der Waals surface area contributed by atoms with E-state index >= 15 is 0 Å². The van der Waals surface area contributed by atoms with Crippen LogP contribution in [0.2, 0.25) is 0 Å². The maximum absolute atomic E-state index is 13.0. The third-order valence-corrected chi connectivity index (χ3v) is 5.47. The molecule has 28 heavy (non-hydrogen) atoms. The number of carbonyl (C=O) groups is 1. The average Bonchev–Trinajstić information content (AvgIpc) is 2.61. The van der Waals surface area contributed by atoms with E-state index in [-0.39, 0.29) is 23.8 Å². The van der Waals surface area contributed by atoms with Gasteiger partial charge in [-0.3, -0.25) is 4.79 Å². The zero-order chi connectivity index (χ0) is 21.1. The van der Waals surface area contributed by atoms with Crippen molar-refractivity contribution in [3.05, 3.63) is 53.8 Å². The van der Waals surface area contributed by atoms with Gasteiger partial charge in [-0.15, -0.1) is 0 Å². The lowest BCUT2D eigenvalue weighted by Gasteiger charge is -2.15. The number of rotatable bonds is 6. The normalized spacial score (nSPS) is 13.1. The second-order valence-corrected chi connectivity index (χ2v) is 7.96. The van der Waals surface area contributed by atoms with E-state index in [1.54, 1.807) is 6.92 Å². The second kappa shape index (κ2) is 8.17. The molecule has 0 heterocycles. The van der Waals surface area contributed by atoms with Crippen LogP contribution in [-0.4, -0.2) is 26.9 Å². The topological polar surface area (TPSA) is 72.5 Å². The molecule has 0 bridgehead atoms. The van der Waals surface area contributed by atoms with Crippen LogP contribution in [0.3, 0.4) is 0 Å². The van der Waals surface area contributed by atoms with Crippen molar-refractivity contribution in [2.24, 2.45) is 0 Å². The Balaban J connectivity index is 2.23. The van der Waals surface area contributed by atoms with Crippen molar-refractivity contribution < 1.29 is 35.5 Å². The van der Waals surface area contributed by atoms with Gasteiger partial charge in [-0.05, 0) is 41.8 Å². The van der Waals surface area contributed by atoms with Crippen LogP contribution in [0.4, 0.5) is 23.2 Å². The van der Waals surface area contributed by atoms with Crippen molar-refractivity contribution in [2.75, 3.05) is 12.4 Å². The minimum absolute atomic E-state index is 0.00362. The molecule has 0 saturated carbocycles. The largest absolute Gasteiger partial charge is 0.501 e. The summed E-state index contributed by atoms with van der Waals surface area (Å²) in [6, 6.07) is 8.00. The number of alkyl halides is 3. The van der Waals surface area contributed by atoms with E-state index in [4.69, 9.17) is 4.74 Å². The highest BCUT2D eigenvalue weighted by molar-refractivity contribution is 7.92. The lowest BCUT2D eigenvalue weighted by Crippen LogP contribution is -2.23. The van der Waals surface area contributed by atoms with Crippen LogP contribution < -0.4 is 10.1 Å². The summed E-state index contributed by atoms with van der Waals surface area (Å²) in [5.74, 6) is -1.30. The molecule has 1 N–H and O–H groups in total. The van der Waals surface area contributed by atoms with Crippen LogP contribution in [0.5, 0.6) is 5.75 Å². The summed E-state index contributed by atoms with van der Waals surface area (Å²) in [7, 11) is -4.35. The maximum Gasteiger partial charge on any atom is 0.501 e. The fraction of sp³-hybridized carbons (Fsp3) is 0.278. The first-order valence-corrected chi connectivity index (χ1v) is 9.48. The average molecular weight is 419 g/mol. The molecule has 0 aliphatic carbocycles. The van der Waals surface area contributed by atoms with Gasteiger partial charge in [0.25, 0.3) is 9.84 Å². The molecule has 0 aromatic heterocycles. The number of anilines is 1. The highest BCUT2D eigenvalue weighted by atomic mass is 32.2.